The third-order valence-corrected chi connectivity index (χ3v) is 4.46. The first-order valence-corrected chi connectivity index (χ1v) is 8.56. The Hall–Kier alpha value is -3.25. The van der Waals surface area contributed by atoms with Gasteiger partial charge in [-0.15, -0.1) is 0 Å². The molecule has 0 saturated carbocycles. The number of ether oxygens (including phenoxy) is 1. The molecule has 0 amide bonds. The largest absolute Gasteiger partial charge is 0.455 e. The van der Waals surface area contributed by atoms with Gasteiger partial charge in [0.25, 0.3) is 0 Å². The van der Waals surface area contributed by atoms with E-state index < -0.39 is 0 Å². The van der Waals surface area contributed by atoms with E-state index in [1.54, 1.807) is 6.07 Å². The van der Waals surface area contributed by atoms with Gasteiger partial charge in [0.2, 0.25) is 0 Å². The Bertz CT molecular complexity index is 1030. The summed E-state index contributed by atoms with van der Waals surface area (Å²) in [6, 6.07) is 17.8. The van der Waals surface area contributed by atoms with Gasteiger partial charge in [-0.2, -0.15) is 5.26 Å². The molecule has 0 aliphatic carbocycles. The normalized spacial score (nSPS) is 10.4. The van der Waals surface area contributed by atoms with E-state index >= 15 is 0 Å². The number of hydrogen-bond acceptors (Lipinski definition) is 3. The van der Waals surface area contributed by atoms with Crippen molar-refractivity contribution in [1.29, 1.82) is 5.26 Å². The second-order valence-corrected chi connectivity index (χ2v) is 6.71. The summed E-state index contributed by atoms with van der Waals surface area (Å²) >= 11 is 0. The molecule has 0 fully saturated rings. The van der Waals surface area contributed by atoms with Crippen molar-refractivity contribution in [3.63, 3.8) is 0 Å². The Morgan fingerprint density at radius 1 is 0.846 bits per heavy atom. The summed E-state index contributed by atoms with van der Waals surface area (Å²) in [6.07, 6.45) is 0. The Kier molecular flexibility index (Phi) is 4.69. The van der Waals surface area contributed by atoms with Crippen molar-refractivity contribution < 1.29 is 4.74 Å². The minimum absolute atomic E-state index is 0.506. The number of nitrogens with two attached hydrogens (primary N) is 1. The van der Waals surface area contributed by atoms with E-state index in [4.69, 9.17) is 10.5 Å². The Labute approximate surface area is 154 Å². The second kappa shape index (κ2) is 6.93. The highest BCUT2D eigenvalue weighted by Gasteiger charge is 2.16. The van der Waals surface area contributed by atoms with Crippen molar-refractivity contribution in [3.8, 4) is 28.7 Å². The topological polar surface area (TPSA) is 59.0 Å². The van der Waals surface area contributed by atoms with E-state index in [1.807, 2.05) is 32.0 Å². The maximum atomic E-state index is 9.36. The molecule has 0 spiro atoms. The van der Waals surface area contributed by atoms with Gasteiger partial charge in [0, 0.05) is 16.8 Å². The van der Waals surface area contributed by atoms with E-state index in [9.17, 15) is 5.26 Å². The number of nitrogens with zero attached hydrogens (tertiary/aromatic N) is 1. The van der Waals surface area contributed by atoms with Crippen LogP contribution in [0.15, 0.2) is 48.5 Å². The fourth-order valence-corrected chi connectivity index (χ4v) is 3.25. The van der Waals surface area contributed by atoms with Crippen LogP contribution in [0.2, 0.25) is 0 Å². The molecular formula is C23H22N2O. The molecule has 0 aliphatic rings. The third-order valence-electron chi connectivity index (χ3n) is 4.46. The van der Waals surface area contributed by atoms with Crippen LogP contribution in [-0.4, -0.2) is 0 Å². The lowest BCUT2D eigenvalue weighted by Gasteiger charge is -2.18. The van der Waals surface area contributed by atoms with Crippen LogP contribution in [0.1, 0.15) is 27.8 Å². The minimum Gasteiger partial charge on any atom is -0.455 e. The van der Waals surface area contributed by atoms with Gasteiger partial charge in [-0.3, -0.25) is 0 Å². The fraction of sp³-hybridized carbons (Fsp3) is 0.174. The van der Waals surface area contributed by atoms with Crippen LogP contribution >= 0.6 is 0 Å². The zero-order valence-corrected chi connectivity index (χ0v) is 15.6. The molecule has 3 rings (SSSR count). The lowest BCUT2D eigenvalue weighted by molar-refractivity contribution is 0.479. The fourth-order valence-electron chi connectivity index (χ4n) is 3.25. The van der Waals surface area contributed by atoms with Crippen molar-refractivity contribution in [2.75, 3.05) is 5.73 Å². The van der Waals surface area contributed by atoms with Crippen molar-refractivity contribution >= 4 is 5.69 Å². The van der Waals surface area contributed by atoms with Crippen LogP contribution < -0.4 is 10.5 Å². The molecule has 0 radical (unpaired) electrons. The van der Waals surface area contributed by atoms with Crippen LogP contribution in [0.5, 0.6) is 11.5 Å². The monoisotopic (exact) mass is 342 g/mol. The summed E-state index contributed by atoms with van der Waals surface area (Å²) in [5.74, 6) is 1.28. The lowest BCUT2D eigenvalue weighted by Crippen LogP contribution is -1.99. The molecule has 3 aromatic rings. The second-order valence-electron chi connectivity index (χ2n) is 6.71. The number of nitriles is 1. The Morgan fingerprint density at radius 2 is 1.46 bits per heavy atom. The zero-order chi connectivity index (χ0) is 18.8. The molecule has 26 heavy (non-hydrogen) atoms. The molecule has 0 heterocycles. The summed E-state index contributed by atoms with van der Waals surface area (Å²) in [7, 11) is 0. The first-order chi connectivity index (χ1) is 12.4. The van der Waals surface area contributed by atoms with Gasteiger partial charge in [-0.05, 0) is 68.7 Å². The van der Waals surface area contributed by atoms with Crippen LogP contribution in [0.25, 0.3) is 11.1 Å². The van der Waals surface area contributed by atoms with E-state index in [0.29, 0.717) is 11.3 Å². The van der Waals surface area contributed by atoms with Crippen LogP contribution in [0.3, 0.4) is 0 Å². The van der Waals surface area contributed by atoms with Crippen LogP contribution in [0, 0.1) is 39.0 Å². The van der Waals surface area contributed by atoms with Crippen molar-refractivity contribution in [1.82, 2.24) is 0 Å². The lowest BCUT2D eigenvalue weighted by atomic mass is 9.94. The van der Waals surface area contributed by atoms with Gasteiger partial charge in [-0.1, -0.05) is 29.8 Å². The summed E-state index contributed by atoms with van der Waals surface area (Å²) in [4.78, 5) is 0. The van der Waals surface area contributed by atoms with Gasteiger partial charge in [0.1, 0.15) is 17.6 Å². The number of nitrogen functional groups attached to an aromatic ring is 1. The molecule has 3 heteroatoms. The van der Waals surface area contributed by atoms with Gasteiger partial charge >= 0.3 is 0 Å². The number of anilines is 1. The molecule has 0 aliphatic heterocycles. The number of para-hydroxylation sites is 1. The van der Waals surface area contributed by atoms with Crippen molar-refractivity contribution in [2.45, 2.75) is 27.7 Å². The standard InChI is InChI=1S/C23H22N2O/c1-14-9-16(3)22(25)19(11-14)20-12-15(2)10-17(4)23(20)26-21-8-6-5-7-18(21)13-24/h5-12H,25H2,1-4H3. The molecule has 0 unspecified atom stereocenters. The molecule has 0 bridgehead atoms. The van der Waals surface area contributed by atoms with Crippen LogP contribution in [-0.2, 0) is 0 Å². The first-order valence-electron chi connectivity index (χ1n) is 8.56. The van der Waals surface area contributed by atoms with Gasteiger partial charge in [-0.25, -0.2) is 0 Å². The number of rotatable bonds is 3. The first kappa shape index (κ1) is 17.6. The molecular weight excluding hydrogens is 320 g/mol. The summed E-state index contributed by atoms with van der Waals surface area (Å²) < 4.78 is 6.23. The molecule has 0 aromatic heterocycles. The van der Waals surface area contributed by atoms with Crippen molar-refractivity contribution in [2.24, 2.45) is 0 Å². The number of benzene rings is 3. The molecule has 0 saturated heterocycles. The van der Waals surface area contributed by atoms with Gasteiger partial charge in [0.05, 0.1) is 5.56 Å². The molecule has 0 atom stereocenters. The maximum absolute atomic E-state index is 9.36. The van der Waals surface area contributed by atoms with E-state index in [0.717, 1.165) is 44.8 Å². The SMILES string of the molecule is Cc1cc(C)c(N)c(-c2cc(C)cc(C)c2Oc2ccccc2C#N)c1. The summed E-state index contributed by atoms with van der Waals surface area (Å²) in [6.45, 7) is 8.14. The highest BCUT2D eigenvalue weighted by atomic mass is 16.5. The molecule has 3 aromatic carbocycles. The molecule has 130 valence electrons. The quantitative estimate of drug-likeness (QED) is 0.609. The smallest absolute Gasteiger partial charge is 0.145 e. The maximum Gasteiger partial charge on any atom is 0.145 e. The highest BCUT2D eigenvalue weighted by molar-refractivity contribution is 5.84. The number of hydrogen-bond donors (Lipinski definition) is 1. The van der Waals surface area contributed by atoms with Gasteiger partial charge < -0.3 is 10.5 Å². The van der Waals surface area contributed by atoms with Crippen molar-refractivity contribution in [3.05, 3.63) is 76.3 Å². The Balaban J connectivity index is 2.23. The third kappa shape index (κ3) is 3.27. The predicted molar refractivity (Wildman–Crippen MR) is 106 cm³/mol. The molecule has 2 N–H and O–H groups in total. The average molecular weight is 342 g/mol. The summed E-state index contributed by atoms with van der Waals surface area (Å²) in [5, 5.41) is 9.36. The van der Waals surface area contributed by atoms with E-state index in [-0.39, 0.29) is 0 Å². The van der Waals surface area contributed by atoms with Gasteiger partial charge in [0.15, 0.2) is 0 Å². The number of aryl methyl sites for hydroxylation is 4. The van der Waals surface area contributed by atoms with E-state index in [1.165, 1.54) is 0 Å². The Morgan fingerprint density at radius 3 is 2.15 bits per heavy atom. The summed E-state index contributed by atoms with van der Waals surface area (Å²) in [5.41, 5.74) is 13.9. The average Bonchev–Trinajstić information content (AvgIpc) is 2.60. The predicted octanol–water partition coefficient (Wildman–Crippen LogP) is 5.83. The van der Waals surface area contributed by atoms with E-state index in [2.05, 4.69) is 44.2 Å². The molecule has 3 nitrogen and oxygen atoms in total. The zero-order valence-electron chi connectivity index (χ0n) is 15.6. The van der Waals surface area contributed by atoms with Crippen LogP contribution in [0.4, 0.5) is 5.69 Å². The highest BCUT2D eigenvalue weighted by Crippen LogP contribution is 2.41. The minimum atomic E-state index is 0.506.